The van der Waals surface area contributed by atoms with Gasteiger partial charge in [0.2, 0.25) is 0 Å². The third-order valence-corrected chi connectivity index (χ3v) is 11.9. The minimum Gasteiger partial charge on any atom is -0.310 e. The van der Waals surface area contributed by atoms with Crippen LogP contribution in [0.15, 0.2) is 194 Å². The maximum absolute atomic E-state index is 2.45. The molecule has 10 rings (SSSR count). The van der Waals surface area contributed by atoms with Crippen LogP contribution >= 0.6 is 0 Å². The largest absolute Gasteiger partial charge is 0.310 e. The summed E-state index contributed by atoms with van der Waals surface area (Å²) < 4.78 is 2.45. The lowest BCUT2D eigenvalue weighted by Crippen LogP contribution is -2.16. The van der Waals surface area contributed by atoms with Crippen molar-refractivity contribution in [3.8, 4) is 39.2 Å². The van der Waals surface area contributed by atoms with Crippen LogP contribution in [0.3, 0.4) is 0 Å². The Morgan fingerprint density at radius 2 is 1.14 bits per heavy atom. The summed E-state index contributed by atoms with van der Waals surface area (Å²) in [6.45, 7) is 7.00. The van der Waals surface area contributed by atoms with Crippen LogP contribution in [-0.2, 0) is 5.41 Å². The van der Waals surface area contributed by atoms with Crippen molar-refractivity contribution in [1.29, 1.82) is 0 Å². The van der Waals surface area contributed by atoms with Crippen LogP contribution in [0.25, 0.3) is 55.7 Å². The fourth-order valence-electron chi connectivity index (χ4n) is 9.04. The first-order chi connectivity index (χ1) is 27.5. The Balaban J connectivity index is 1.14. The molecule has 1 atom stereocenters. The number of rotatable bonds is 7. The summed E-state index contributed by atoms with van der Waals surface area (Å²) in [4.78, 5) is 2.42. The molecule has 1 unspecified atom stereocenters. The Hall–Kier alpha value is -6.64. The van der Waals surface area contributed by atoms with Crippen LogP contribution in [-0.4, -0.2) is 4.57 Å². The maximum atomic E-state index is 2.45. The van der Waals surface area contributed by atoms with Crippen molar-refractivity contribution >= 4 is 33.5 Å². The number of benzene rings is 7. The summed E-state index contributed by atoms with van der Waals surface area (Å²) in [6, 6.07) is 64.5. The lowest BCUT2D eigenvalue weighted by molar-refractivity contribution is 0.660. The van der Waals surface area contributed by atoms with Gasteiger partial charge in [-0.2, -0.15) is 0 Å². The lowest BCUT2D eigenvalue weighted by Gasteiger charge is -2.28. The van der Waals surface area contributed by atoms with Gasteiger partial charge in [0, 0.05) is 39.1 Å². The topological polar surface area (TPSA) is 8.17 Å². The maximum Gasteiger partial charge on any atom is 0.0619 e. The van der Waals surface area contributed by atoms with Crippen LogP contribution in [0.5, 0.6) is 0 Å². The van der Waals surface area contributed by atoms with Crippen molar-refractivity contribution in [3.63, 3.8) is 0 Å². The Kier molecular flexibility index (Phi) is 8.22. The van der Waals surface area contributed by atoms with Gasteiger partial charge in [-0.3, -0.25) is 0 Å². The van der Waals surface area contributed by atoms with E-state index >= 15 is 0 Å². The highest BCUT2D eigenvalue weighted by Crippen LogP contribution is 2.51. The van der Waals surface area contributed by atoms with E-state index in [9.17, 15) is 0 Å². The Morgan fingerprint density at radius 3 is 1.86 bits per heavy atom. The van der Waals surface area contributed by atoms with Gasteiger partial charge in [-0.1, -0.05) is 160 Å². The van der Waals surface area contributed by atoms with Gasteiger partial charge < -0.3 is 9.47 Å². The number of anilines is 3. The minimum atomic E-state index is -0.101. The van der Waals surface area contributed by atoms with E-state index in [-0.39, 0.29) is 5.41 Å². The van der Waals surface area contributed by atoms with Crippen LogP contribution in [0.4, 0.5) is 17.1 Å². The SMILES string of the molecule is CC1C=CC(c2c(-c3ccc(N(c4ccc(-c5ccccc5)cc4)c4ccc5c(c4)C(C)(C)c4ccccc4-5)cc3)n(-c3ccccc3)c3ccccc23)=CC1. The fourth-order valence-corrected chi connectivity index (χ4v) is 9.04. The molecule has 0 aliphatic heterocycles. The zero-order chi connectivity index (χ0) is 37.8. The second-order valence-electron chi connectivity index (χ2n) is 15.8. The van der Waals surface area contributed by atoms with Crippen molar-refractivity contribution < 1.29 is 0 Å². The van der Waals surface area contributed by atoms with Gasteiger partial charge in [-0.05, 0) is 111 Å². The second-order valence-corrected chi connectivity index (χ2v) is 15.8. The quantitative estimate of drug-likeness (QED) is 0.159. The highest BCUT2D eigenvalue weighted by Gasteiger charge is 2.35. The van der Waals surface area contributed by atoms with Crippen LogP contribution in [0.1, 0.15) is 43.9 Å². The van der Waals surface area contributed by atoms with E-state index in [4.69, 9.17) is 0 Å². The second kappa shape index (κ2) is 13.6. The number of hydrogen-bond acceptors (Lipinski definition) is 1. The molecule has 2 nitrogen and oxygen atoms in total. The van der Waals surface area contributed by atoms with Gasteiger partial charge in [0.1, 0.15) is 0 Å². The van der Waals surface area contributed by atoms with E-state index in [0.29, 0.717) is 5.92 Å². The predicted molar refractivity (Wildman–Crippen MR) is 237 cm³/mol. The van der Waals surface area contributed by atoms with Gasteiger partial charge in [-0.15, -0.1) is 0 Å². The van der Waals surface area contributed by atoms with E-state index in [0.717, 1.165) is 29.2 Å². The molecule has 8 aromatic rings. The first kappa shape index (κ1) is 33.9. The standard InChI is InChI=1S/C54H44N2/c1-37-22-24-40(25-23-37)52-48-19-11-13-21-51(48)56(42-16-8-5-9-17-42)53(52)41-28-32-44(33-29-41)55(43-30-26-39(27-31-43)38-14-6-4-7-15-38)45-34-35-47-46-18-10-12-20-49(46)54(2,3)50(47)36-45/h4-22,24-37H,23H2,1-3H3. The average molecular weight is 721 g/mol. The Bertz CT molecular complexity index is 2780. The smallest absolute Gasteiger partial charge is 0.0619 e. The van der Waals surface area contributed by atoms with Crippen molar-refractivity contribution in [2.75, 3.05) is 4.90 Å². The zero-order valence-corrected chi connectivity index (χ0v) is 32.2. The molecule has 2 aliphatic rings. The number of fused-ring (bicyclic) bond motifs is 4. The number of nitrogens with zero attached hydrogens (tertiary/aromatic N) is 2. The molecule has 0 radical (unpaired) electrons. The molecule has 1 aromatic heterocycles. The van der Waals surface area contributed by atoms with Gasteiger partial charge in [-0.25, -0.2) is 0 Å². The first-order valence-corrected chi connectivity index (χ1v) is 19.8. The third-order valence-electron chi connectivity index (χ3n) is 11.9. The third kappa shape index (κ3) is 5.64. The summed E-state index contributed by atoms with van der Waals surface area (Å²) in [6.07, 6.45) is 8.15. The van der Waals surface area contributed by atoms with Gasteiger partial charge in [0.05, 0.1) is 11.2 Å². The first-order valence-electron chi connectivity index (χ1n) is 19.8. The van der Waals surface area contributed by atoms with Gasteiger partial charge in [0.15, 0.2) is 0 Å². The Morgan fingerprint density at radius 1 is 0.554 bits per heavy atom. The zero-order valence-electron chi connectivity index (χ0n) is 32.2. The molecule has 1 heterocycles. The number of hydrogen-bond donors (Lipinski definition) is 0. The molecular weight excluding hydrogens is 677 g/mol. The average Bonchev–Trinajstić information content (AvgIpc) is 3.71. The van der Waals surface area contributed by atoms with E-state index in [1.165, 1.54) is 66.7 Å². The summed E-state index contributed by atoms with van der Waals surface area (Å²) in [5, 5.41) is 1.27. The van der Waals surface area contributed by atoms with Crippen molar-refractivity contribution in [2.24, 2.45) is 5.92 Å². The molecular formula is C54H44N2. The van der Waals surface area contributed by atoms with E-state index in [2.05, 4.69) is 224 Å². The summed E-state index contributed by atoms with van der Waals surface area (Å²) in [5.74, 6) is 0.538. The molecule has 0 saturated carbocycles. The molecule has 2 aliphatic carbocycles. The van der Waals surface area contributed by atoms with Crippen molar-refractivity contribution in [1.82, 2.24) is 4.57 Å². The molecule has 0 amide bonds. The van der Waals surface area contributed by atoms with Gasteiger partial charge >= 0.3 is 0 Å². The summed E-state index contributed by atoms with van der Waals surface area (Å²) in [7, 11) is 0. The molecule has 56 heavy (non-hydrogen) atoms. The van der Waals surface area contributed by atoms with Gasteiger partial charge in [0.25, 0.3) is 0 Å². The van der Waals surface area contributed by atoms with Crippen molar-refractivity contribution in [3.05, 3.63) is 211 Å². The number of para-hydroxylation sites is 2. The normalized spacial score (nSPS) is 15.3. The summed E-state index contributed by atoms with van der Waals surface area (Å²) in [5.41, 5.74) is 18.5. The lowest BCUT2D eigenvalue weighted by atomic mass is 9.82. The monoisotopic (exact) mass is 720 g/mol. The molecule has 0 saturated heterocycles. The molecule has 0 spiro atoms. The summed E-state index contributed by atoms with van der Waals surface area (Å²) >= 11 is 0. The number of aromatic nitrogens is 1. The highest BCUT2D eigenvalue weighted by atomic mass is 15.1. The van der Waals surface area contributed by atoms with Crippen molar-refractivity contribution in [2.45, 2.75) is 32.6 Å². The highest BCUT2D eigenvalue weighted by molar-refractivity contribution is 6.04. The molecule has 0 N–H and O–H groups in total. The molecule has 2 heteroatoms. The predicted octanol–water partition coefficient (Wildman–Crippen LogP) is 14.7. The number of allylic oxidation sites excluding steroid dienone is 4. The van der Waals surface area contributed by atoms with E-state index < -0.39 is 0 Å². The Labute approximate surface area is 330 Å². The van der Waals surface area contributed by atoms with E-state index in [1.54, 1.807) is 0 Å². The van der Waals surface area contributed by atoms with E-state index in [1.807, 2.05) is 0 Å². The van der Waals surface area contributed by atoms with Crippen LogP contribution in [0, 0.1) is 5.92 Å². The molecule has 0 fully saturated rings. The minimum absolute atomic E-state index is 0.101. The van der Waals surface area contributed by atoms with Crippen LogP contribution in [0.2, 0.25) is 0 Å². The molecule has 0 bridgehead atoms. The van der Waals surface area contributed by atoms with Crippen LogP contribution < -0.4 is 4.90 Å². The fraction of sp³-hybridized carbons (Fsp3) is 0.111. The molecule has 270 valence electrons. The molecule has 7 aromatic carbocycles.